The Morgan fingerprint density at radius 1 is 1.31 bits per heavy atom. The predicted octanol–water partition coefficient (Wildman–Crippen LogP) is 0.387. The molecule has 0 saturated heterocycles. The van der Waals surface area contributed by atoms with E-state index in [1.807, 2.05) is 6.92 Å². The summed E-state index contributed by atoms with van der Waals surface area (Å²) < 4.78 is 25.1. The fourth-order valence-corrected chi connectivity index (χ4v) is 1.91. The maximum atomic E-state index is 11.4. The van der Waals surface area contributed by atoms with Gasteiger partial charge >= 0.3 is 0 Å². The van der Waals surface area contributed by atoms with Crippen molar-refractivity contribution in [2.24, 2.45) is 0 Å². The number of sulfonamides is 1. The summed E-state index contributed by atoms with van der Waals surface area (Å²) in [6, 6.07) is 6.29. The van der Waals surface area contributed by atoms with Crippen LogP contribution in [0.3, 0.4) is 0 Å². The number of aliphatic hydroxyl groups is 1. The molecule has 0 aliphatic heterocycles. The molecule has 0 spiro atoms. The van der Waals surface area contributed by atoms with Gasteiger partial charge in [0.2, 0.25) is 10.0 Å². The molecule has 0 amide bonds. The van der Waals surface area contributed by atoms with Gasteiger partial charge in [-0.05, 0) is 38.2 Å². The number of hydrogen-bond donors (Lipinski definition) is 3. The minimum atomic E-state index is -3.38. The van der Waals surface area contributed by atoms with Crippen LogP contribution < -0.4 is 10.0 Å². The fraction of sp³-hybridized carbons (Fsp3) is 0.400. The van der Waals surface area contributed by atoms with Gasteiger partial charge in [-0.25, -0.2) is 13.1 Å². The average molecular weight is 244 g/mol. The van der Waals surface area contributed by atoms with Crippen LogP contribution in [0.15, 0.2) is 29.2 Å². The van der Waals surface area contributed by atoms with Crippen LogP contribution in [0.1, 0.15) is 6.92 Å². The highest BCUT2D eigenvalue weighted by atomic mass is 32.2. The minimum Gasteiger partial charge on any atom is -0.394 e. The summed E-state index contributed by atoms with van der Waals surface area (Å²) in [6.07, 6.45) is 0. The Hall–Kier alpha value is -1.11. The molecule has 0 aliphatic rings. The summed E-state index contributed by atoms with van der Waals surface area (Å²) in [5.74, 6) is 0. The van der Waals surface area contributed by atoms with E-state index in [4.69, 9.17) is 5.11 Å². The third kappa shape index (κ3) is 3.19. The molecule has 1 unspecified atom stereocenters. The number of benzene rings is 1. The van der Waals surface area contributed by atoms with Crippen molar-refractivity contribution in [3.63, 3.8) is 0 Å². The lowest BCUT2D eigenvalue weighted by molar-refractivity contribution is 0.281. The maximum absolute atomic E-state index is 11.4. The van der Waals surface area contributed by atoms with E-state index in [1.165, 1.54) is 19.2 Å². The second-order valence-electron chi connectivity index (χ2n) is 3.46. The molecule has 0 saturated carbocycles. The molecule has 0 bridgehead atoms. The van der Waals surface area contributed by atoms with Crippen LogP contribution in [-0.4, -0.2) is 33.2 Å². The monoisotopic (exact) mass is 244 g/mol. The van der Waals surface area contributed by atoms with Crippen LogP contribution in [0.2, 0.25) is 0 Å². The average Bonchev–Trinajstić information content (AvgIpc) is 2.29. The van der Waals surface area contributed by atoms with Gasteiger partial charge in [-0.1, -0.05) is 0 Å². The molecule has 5 nitrogen and oxygen atoms in total. The number of hydrogen-bond acceptors (Lipinski definition) is 4. The first-order chi connectivity index (χ1) is 7.49. The lowest BCUT2D eigenvalue weighted by atomic mass is 10.3. The molecule has 3 N–H and O–H groups in total. The molecule has 1 atom stereocenters. The van der Waals surface area contributed by atoms with E-state index < -0.39 is 10.0 Å². The van der Waals surface area contributed by atoms with Crippen LogP contribution in [-0.2, 0) is 10.0 Å². The molecular formula is C10H16N2O3S. The SMILES string of the molecule is CNS(=O)(=O)c1ccc(NC(C)CO)cc1. The van der Waals surface area contributed by atoms with Crippen LogP contribution >= 0.6 is 0 Å². The van der Waals surface area contributed by atoms with Crippen LogP contribution in [0.25, 0.3) is 0 Å². The predicted molar refractivity (Wildman–Crippen MR) is 62.9 cm³/mol. The summed E-state index contributed by atoms with van der Waals surface area (Å²) in [7, 11) is -2.01. The Labute approximate surface area is 95.5 Å². The quantitative estimate of drug-likeness (QED) is 0.700. The van der Waals surface area contributed by atoms with Gasteiger partial charge in [-0.2, -0.15) is 0 Å². The van der Waals surface area contributed by atoms with Gasteiger partial charge in [0, 0.05) is 11.7 Å². The highest BCUT2D eigenvalue weighted by molar-refractivity contribution is 7.89. The maximum Gasteiger partial charge on any atom is 0.240 e. The normalized spacial score (nSPS) is 13.4. The van der Waals surface area contributed by atoms with Gasteiger partial charge in [0.05, 0.1) is 11.5 Å². The highest BCUT2D eigenvalue weighted by Crippen LogP contribution is 2.14. The van der Waals surface area contributed by atoms with Crippen molar-refractivity contribution in [1.29, 1.82) is 0 Å². The smallest absolute Gasteiger partial charge is 0.240 e. The molecule has 0 fully saturated rings. The van der Waals surface area contributed by atoms with Crippen molar-refractivity contribution in [2.45, 2.75) is 17.9 Å². The van der Waals surface area contributed by atoms with Crippen LogP contribution in [0.4, 0.5) is 5.69 Å². The number of anilines is 1. The summed E-state index contributed by atoms with van der Waals surface area (Å²) in [6.45, 7) is 1.86. The summed E-state index contributed by atoms with van der Waals surface area (Å²) >= 11 is 0. The van der Waals surface area contributed by atoms with Crippen LogP contribution in [0, 0.1) is 0 Å². The van der Waals surface area contributed by atoms with Gasteiger partial charge in [-0.15, -0.1) is 0 Å². The number of rotatable bonds is 5. The Morgan fingerprint density at radius 3 is 2.31 bits per heavy atom. The Balaban J connectivity index is 2.84. The zero-order chi connectivity index (χ0) is 12.2. The summed E-state index contributed by atoms with van der Waals surface area (Å²) in [5.41, 5.74) is 0.775. The van der Waals surface area contributed by atoms with Crippen molar-refractivity contribution < 1.29 is 13.5 Å². The third-order valence-corrected chi connectivity index (χ3v) is 3.55. The molecule has 0 aliphatic carbocycles. The Kier molecular flexibility index (Phi) is 4.28. The largest absolute Gasteiger partial charge is 0.394 e. The first kappa shape index (κ1) is 13.0. The van der Waals surface area contributed by atoms with E-state index in [0.717, 1.165) is 5.69 Å². The summed E-state index contributed by atoms with van der Waals surface area (Å²) in [5, 5.41) is 11.9. The van der Waals surface area contributed by atoms with Crippen molar-refractivity contribution in [3.8, 4) is 0 Å². The van der Waals surface area contributed by atoms with E-state index in [-0.39, 0.29) is 17.5 Å². The van der Waals surface area contributed by atoms with Gasteiger partial charge in [0.25, 0.3) is 0 Å². The zero-order valence-electron chi connectivity index (χ0n) is 9.27. The first-order valence-corrected chi connectivity index (χ1v) is 6.39. The van der Waals surface area contributed by atoms with E-state index in [9.17, 15) is 8.42 Å². The lowest BCUT2D eigenvalue weighted by Crippen LogP contribution is -2.20. The lowest BCUT2D eigenvalue weighted by Gasteiger charge is -2.12. The standard InChI is InChI=1S/C10H16N2O3S/c1-8(7-13)12-9-3-5-10(6-4-9)16(14,15)11-2/h3-6,8,11-13H,7H2,1-2H3. The third-order valence-electron chi connectivity index (χ3n) is 2.12. The molecular weight excluding hydrogens is 228 g/mol. The van der Waals surface area contributed by atoms with Gasteiger partial charge in [0.1, 0.15) is 0 Å². The number of aliphatic hydroxyl groups excluding tert-OH is 1. The summed E-state index contributed by atoms with van der Waals surface area (Å²) in [4.78, 5) is 0.220. The topological polar surface area (TPSA) is 78.4 Å². The van der Waals surface area contributed by atoms with E-state index in [2.05, 4.69) is 10.0 Å². The molecule has 0 aromatic heterocycles. The minimum absolute atomic E-state index is 0.0244. The fourth-order valence-electron chi connectivity index (χ4n) is 1.18. The van der Waals surface area contributed by atoms with Crippen molar-refractivity contribution in [2.75, 3.05) is 19.0 Å². The Morgan fingerprint density at radius 2 is 1.88 bits per heavy atom. The first-order valence-electron chi connectivity index (χ1n) is 4.90. The molecule has 0 heterocycles. The van der Waals surface area contributed by atoms with Crippen molar-refractivity contribution in [3.05, 3.63) is 24.3 Å². The van der Waals surface area contributed by atoms with Gasteiger partial charge in [0.15, 0.2) is 0 Å². The second-order valence-corrected chi connectivity index (χ2v) is 5.35. The van der Waals surface area contributed by atoms with E-state index >= 15 is 0 Å². The van der Waals surface area contributed by atoms with E-state index in [0.29, 0.717) is 0 Å². The molecule has 1 rings (SSSR count). The van der Waals surface area contributed by atoms with Gasteiger partial charge in [-0.3, -0.25) is 0 Å². The molecule has 0 radical (unpaired) electrons. The molecule has 16 heavy (non-hydrogen) atoms. The molecule has 6 heteroatoms. The second kappa shape index (κ2) is 5.29. The Bertz CT molecular complexity index is 428. The van der Waals surface area contributed by atoms with Crippen molar-refractivity contribution >= 4 is 15.7 Å². The van der Waals surface area contributed by atoms with Crippen LogP contribution in [0.5, 0.6) is 0 Å². The molecule has 1 aromatic carbocycles. The van der Waals surface area contributed by atoms with E-state index in [1.54, 1.807) is 12.1 Å². The van der Waals surface area contributed by atoms with Crippen molar-refractivity contribution in [1.82, 2.24) is 4.72 Å². The van der Waals surface area contributed by atoms with Gasteiger partial charge < -0.3 is 10.4 Å². The zero-order valence-corrected chi connectivity index (χ0v) is 10.1. The highest BCUT2D eigenvalue weighted by Gasteiger charge is 2.10. The molecule has 1 aromatic rings. The number of nitrogens with one attached hydrogen (secondary N) is 2. The molecule has 90 valence electrons.